The summed E-state index contributed by atoms with van der Waals surface area (Å²) in [4.78, 5) is 4.36. The third-order valence-electron chi connectivity index (χ3n) is 2.72. The summed E-state index contributed by atoms with van der Waals surface area (Å²) in [5.74, 6) is 0. The Bertz CT molecular complexity index is 280. The van der Waals surface area contributed by atoms with E-state index in [1.807, 2.05) is 0 Å². The van der Waals surface area contributed by atoms with E-state index in [2.05, 4.69) is 9.80 Å². The second-order valence-corrected chi connectivity index (χ2v) is 7.29. The average molecular weight is 388 g/mol. The van der Waals surface area contributed by atoms with Crippen molar-refractivity contribution in [1.29, 1.82) is 0 Å². The van der Waals surface area contributed by atoms with Crippen LogP contribution in [-0.2, 0) is 26.5 Å². The zero-order valence-corrected chi connectivity index (χ0v) is 14.5. The van der Waals surface area contributed by atoms with E-state index in [1.165, 1.54) is 0 Å². The van der Waals surface area contributed by atoms with Crippen LogP contribution in [-0.4, -0.2) is 71.0 Å². The van der Waals surface area contributed by atoms with Gasteiger partial charge in [0.05, 0.1) is 26.4 Å². The van der Waals surface area contributed by atoms with Crippen LogP contribution in [0.4, 0.5) is 0 Å². The fourth-order valence-corrected chi connectivity index (χ4v) is 4.42. The molecule has 0 unspecified atom stereocenters. The normalized spacial score (nSPS) is 19.8. The fourth-order valence-electron chi connectivity index (χ4n) is 1.67. The van der Waals surface area contributed by atoms with Crippen molar-refractivity contribution in [1.82, 2.24) is 9.80 Å². The second-order valence-electron chi connectivity index (χ2n) is 3.90. The maximum atomic E-state index is 5.40. The molecule has 2 aliphatic heterocycles. The van der Waals surface area contributed by atoms with Gasteiger partial charge in [0, 0.05) is 43.2 Å². The monoisotopic (exact) mass is 387 g/mol. The van der Waals surface area contributed by atoms with Gasteiger partial charge >= 0.3 is 0 Å². The fraction of sp³-hybridized carbons (Fsp3) is 0.800. The molecule has 1 radical (unpaired) electrons. The molecule has 2 rings (SSSR count). The number of rotatable bonds is 0. The van der Waals surface area contributed by atoms with Crippen LogP contribution in [0.25, 0.3) is 0 Å². The molecular formula is C10H16CuN2O2S4. The maximum Gasteiger partial charge on any atom is 0.147 e. The van der Waals surface area contributed by atoms with Gasteiger partial charge in [0.15, 0.2) is 0 Å². The van der Waals surface area contributed by atoms with Gasteiger partial charge < -0.3 is 19.3 Å². The van der Waals surface area contributed by atoms with Gasteiger partial charge in [0.1, 0.15) is 8.64 Å². The molecule has 0 amide bonds. The van der Waals surface area contributed by atoms with E-state index in [0.717, 1.165) is 61.2 Å². The van der Waals surface area contributed by atoms with E-state index in [1.54, 1.807) is 21.6 Å². The van der Waals surface area contributed by atoms with Crippen molar-refractivity contribution in [2.24, 2.45) is 0 Å². The predicted octanol–water partition coefficient (Wildman–Crippen LogP) is 1.60. The van der Waals surface area contributed by atoms with Gasteiger partial charge in [-0.25, -0.2) is 0 Å². The number of hydrogen-bond donors (Lipinski definition) is 0. The zero-order valence-electron chi connectivity index (χ0n) is 10.3. The smallest absolute Gasteiger partial charge is 0.147 e. The molecule has 0 bridgehead atoms. The van der Waals surface area contributed by atoms with E-state index in [9.17, 15) is 0 Å². The van der Waals surface area contributed by atoms with Crippen molar-refractivity contribution in [2.45, 2.75) is 0 Å². The van der Waals surface area contributed by atoms with Crippen LogP contribution in [0.1, 0.15) is 0 Å². The van der Waals surface area contributed by atoms with E-state index < -0.39 is 0 Å². The summed E-state index contributed by atoms with van der Waals surface area (Å²) >= 11 is 10.8. The van der Waals surface area contributed by atoms with Crippen LogP contribution < -0.4 is 0 Å². The van der Waals surface area contributed by atoms with E-state index >= 15 is 0 Å². The van der Waals surface area contributed by atoms with Gasteiger partial charge in [0.25, 0.3) is 0 Å². The first-order valence-corrected chi connectivity index (χ1v) is 8.82. The molecule has 0 saturated carbocycles. The van der Waals surface area contributed by atoms with Crippen molar-refractivity contribution >= 4 is 54.7 Å². The molecule has 2 fully saturated rings. The molecule has 19 heavy (non-hydrogen) atoms. The summed E-state index contributed by atoms with van der Waals surface area (Å²) in [5.41, 5.74) is 0. The van der Waals surface area contributed by atoms with E-state index in [-0.39, 0.29) is 17.1 Å². The Morgan fingerprint density at radius 1 is 0.737 bits per heavy atom. The van der Waals surface area contributed by atoms with Crippen molar-refractivity contribution in [3.05, 3.63) is 0 Å². The van der Waals surface area contributed by atoms with Gasteiger partial charge in [-0.15, -0.1) is 0 Å². The third-order valence-corrected chi connectivity index (χ3v) is 6.45. The summed E-state index contributed by atoms with van der Waals surface area (Å²) in [6.07, 6.45) is 0. The Morgan fingerprint density at radius 3 is 1.37 bits per heavy atom. The number of morpholine rings is 2. The quantitative estimate of drug-likeness (QED) is 0.351. The Balaban J connectivity index is 0.00000180. The molecule has 0 aromatic heterocycles. The average Bonchev–Trinajstić information content (AvgIpc) is 2.46. The molecular weight excluding hydrogens is 372 g/mol. The van der Waals surface area contributed by atoms with Crippen LogP contribution in [0, 0.1) is 0 Å². The molecule has 0 N–H and O–H groups in total. The van der Waals surface area contributed by atoms with Crippen LogP contribution >= 0.6 is 46.0 Å². The van der Waals surface area contributed by atoms with Crippen molar-refractivity contribution in [3.8, 4) is 0 Å². The van der Waals surface area contributed by atoms with Gasteiger partial charge in [-0.1, -0.05) is 24.4 Å². The Morgan fingerprint density at radius 2 is 1.05 bits per heavy atom. The van der Waals surface area contributed by atoms with Gasteiger partial charge in [0.2, 0.25) is 0 Å². The molecule has 2 saturated heterocycles. The number of hydrogen-bond acceptors (Lipinski definition) is 6. The van der Waals surface area contributed by atoms with Gasteiger partial charge in [-0.05, 0) is 21.6 Å². The number of thiocarbonyl (C=S) groups is 2. The molecule has 0 atom stereocenters. The second kappa shape index (κ2) is 9.78. The van der Waals surface area contributed by atoms with Crippen molar-refractivity contribution in [3.63, 3.8) is 0 Å². The molecule has 2 heterocycles. The van der Waals surface area contributed by atoms with Crippen molar-refractivity contribution < 1.29 is 26.5 Å². The summed E-state index contributed by atoms with van der Waals surface area (Å²) < 4.78 is 12.4. The van der Waals surface area contributed by atoms with E-state index in [0.29, 0.717) is 0 Å². The number of nitrogens with zero attached hydrogens (tertiary/aromatic N) is 2. The first-order chi connectivity index (χ1) is 8.77. The third kappa shape index (κ3) is 6.05. The summed E-state index contributed by atoms with van der Waals surface area (Å²) in [6, 6.07) is 0. The summed E-state index contributed by atoms with van der Waals surface area (Å²) in [5, 5.41) is 0. The molecule has 9 heteroatoms. The molecule has 4 nitrogen and oxygen atoms in total. The topological polar surface area (TPSA) is 24.9 Å². The van der Waals surface area contributed by atoms with Crippen LogP contribution in [0.3, 0.4) is 0 Å². The van der Waals surface area contributed by atoms with Crippen LogP contribution in [0.15, 0.2) is 0 Å². The molecule has 0 aliphatic carbocycles. The standard InChI is InChI=1S/C10H16N2O2S4.Cu/c15-9(11-1-5-13-6-2-11)17-18-10(16)12-3-7-14-8-4-12;/h1-8H2;. The first kappa shape index (κ1) is 18.0. The van der Waals surface area contributed by atoms with Crippen molar-refractivity contribution in [2.75, 3.05) is 52.6 Å². The van der Waals surface area contributed by atoms with Crippen LogP contribution in [0.5, 0.6) is 0 Å². The maximum absolute atomic E-state index is 5.40. The minimum Gasteiger partial charge on any atom is -0.378 e. The minimum absolute atomic E-state index is 0. The van der Waals surface area contributed by atoms with Crippen LogP contribution in [0.2, 0.25) is 0 Å². The van der Waals surface area contributed by atoms with E-state index in [4.69, 9.17) is 33.9 Å². The largest absolute Gasteiger partial charge is 0.378 e. The van der Waals surface area contributed by atoms with Gasteiger partial charge in [-0.2, -0.15) is 0 Å². The summed E-state index contributed by atoms with van der Waals surface area (Å²) in [6.45, 7) is 6.60. The zero-order chi connectivity index (χ0) is 12.8. The minimum atomic E-state index is 0. The van der Waals surface area contributed by atoms with Gasteiger partial charge in [-0.3, -0.25) is 0 Å². The molecule has 113 valence electrons. The first-order valence-electron chi connectivity index (χ1n) is 5.85. The molecule has 0 spiro atoms. The summed E-state index contributed by atoms with van der Waals surface area (Å²) in [7, 11) is 3.16. The molecule has 0 aromatic rings. The Kier molecular flexibility index (Phi) is 9.25. The SMILES string of the molecule is S=C(SSC(=S)N1CCOCC1)N1CCOCC1.[Cu]. The Hall–Kier alpha value is 0.919. The Labute approximate surface area is 143 Å². The molecule has 0 aromatic carbocycles. The predicted molar refractivity (Wildman–Crippen MR) is 85.2 cm³/mol. The molecule has 2 aliphatic rings. The number of ether oxygens (including phenoxy) is 2.